The van der Waals surface area contributed by atoms with Gasteiger partial charge in [-0.3, -0.25) is 18.8 Å². The van der Waals surface area contributed by atoms with Crippen molar-refractivity contribution >= 4 is 25.4 Å². The number of nitrogens with two attached hydrogens (primary N) is 1. The number of nitrogens with one attached hydrogen (secondary N) is 1. The smallest absolute Gasteiger partial charge is 0.461 e. The first-order chi connectivity index (χ1) is 17.9. The Labute approximate surface area is 221 Å². The average molecular weight is 573 g/mol. The van der Waals surface area contributed by atoms with E-state index >= 15 is 0 Å². The Balaban J connectivity index is 1.86. The molecule has 14 nitrogen and oxygen atoms in total. The second-order valence-electron chi connectivity index (χ2n) is 8.39. The molecule has 1 saturated heterocycles. The van der Waals surface area contributed by atoms with Crippen molar-refractivity contribution in [2.24, 2.45) is 5.73 Å². The van der Waals surface area contributed by atoms with E-state index in [4.69, 9.17) is 40.4 Å². The summed E-state index contributed by atoms with van der Waals surface area (Å²) in [6, 6.07) is 7.85. The number of carbonyl (C=O) groups excluding carboxylic acids is 1. The van der Waals surface area contributed by atoms with Crippen molar-refractivity contribution in [1.29, 1.82) is 0 Å². The van der Waals surface area contributed by atoms with Crippen molar-refractivity contribution in [2.75, 3.05) is 6.61 Å². The standard InChI is InChI=1S/C22H26ClN4O10P/c1-13(2)34-19(30)14(3)36-38(32,37-15-7-5-4-6-8-15)33-12-16-18(29)22(24,9-10-23)20(35-16)27-21(31)26-17(28)11-25-27/h4-8,11,13-14,16,18,20,29H,12,24H2,1-3H3,(H,26,28,31)/t14-,16+,18?,20+,22+,38?/m0/s1. The number of H-pyrrole nitrogens is 1. The largest absolute Gasteiger partial charge is 0.530 e. The van der Waals surface area contributed by atoms with Crippen LogP contribution in [0, 0.1) is 11.3 Å². The highest BCUT2D eigenvalue weighted by Gasteiger charge is 2.56. The SMILES string of the molecule is CC(C)OC(=O)[C@H](C)OP(=O)(OC[C@H]1O[C@@H](n2ncc(=O)[nH]c2=O)[C@@](N)(C#CCl)C1O)Oc1ccccc1. The number of nitrogens with zero attached hydrogens (tertiary/aromatic N) is 2. The Morgan fingerprint density at radius 2 is 2.03 bits per heavy atom. The highest BCUT2D eigenvalue weighted by Crippen LogP contribution is 2.51. The summed E-state index contributed by atoms with van der Waals surface area (Å²) in [5, 5.41) is 16.6. The molecule has 0 amide bonds. The van der Waals surface area contributed by atoms with Crippen molar-refractivity contribution in [3.8, 4) is 17.0 Å². The number of hydrogen-bond donors (Lipinski definition) is 3. The van der Waals surface area contributed by atoms with E-state index in [1.54, 1.807) is 32.0 Å². The summed E-state index contributed by atoms with van der Waals surface area (Å²) in [5.41, 5.74) is 2.45. The predicted octanol–water partition coefficient (Wildman–Crippen LogP) is 0.648. The molecule has 3 rings (SSSR count). The van der Waals surface area contributed by atoms with Crippen molar-refractivity contribution in [3.63, 3.8) is 0 Å². The fraction of sp³-hybridized carbons (Fsp3) is 0.455. The molecule has 2 unspecified atom stereocenters. The molecule has 1 aromatic carbocycles. The van der Waals surface area contributed by atoms with Gasteiger partial charge in [0.15, 0.2) is 17.9 Å². The third kappa shape index (κ3) is 6.89. The Morgan fingerprint density at radius 1 is 1.34 bits per heavy atom. The first-order valence-electron chi connectivity index (χ1n) is 11.2. The van der Waals surface area contributed by atoms with E-state index in [0.29, 0.717) is 4.68 Å². The Hall–Kier alpha value is -3.02. The highest BCUT2D eigenvalue weighted by atomic mass is 35.5. The van der Waals surface area contributed by atoms with Crippen LogP contribution >= 0.6 is 19.4 Å². The van der Waals surface area contributed by atoms with E-state index in [1.165, 1.54) is 19.1 Å². The zero-order valence-electron chi connectivity index (χ0n) is 20.5. The van der Waals surface area contributed by atoms with Crippen molar-refractivity contribution in [3.05, 3.63) is 57.4 Å². The normalized spacial score (nSPS) is 25.2. The quantitative estimate of drug-likeness (QED) is 0.205. The maximum atomic E-state index is 13.6. The van der Waals surface area contributed by atoms with Crippen LogP contribution in [0.5, 0.6) is 5.75 Å². The first kappa shape index (κ1) is 29.5. The minimum atomic E-state index is -4.57. The zero-order valence-corrected chi connectivity index (χ0v) is 22.1. The lowest BCUT2D eigenvalue weighted by atomic mass is 9.92. The zero-order chi connectivity index (χ0) is 28.1. The average Bonchev–Trinajstić information content (AvgIpc) is 3.08. The van der Waals surface area contributed by atoms with Gasteiger partial charge in [-0.2, -0.15) is 9.78 Å². The van der Waals surface area contributed by atoms with Gasteiger partial charge in [-0.15, -0.1) is 0 Å². The third-order valence-electron chi connectivity index (χ3n) is 5.11. The van der Waals surface area contributed by atoms with Crippen LogP contribution in [-0.2, 0) is 27.9 Å². The molecule has 0 radical (unpaired) electrons. The van der Waals surface area contributed by atoms with Gasteiger partial charge in [0.05, 0.1) is 12.7 Å². The van der Waals surface area contributed by atoms with Gasteiger partial charge in [0.25, 0.3) is 5.56 Å². The number of phosphoric ester groups is 1. The van der Waals surface area contributed by atoms with Crippen molar-refractivity contribution in [1.82, 2.24) is 14.8 Å². The van der Waals surface area contributed by atoms with Crippen LogP contribution in [0.3, 0.4) is 0 Å². The summed E-state index contributed by atoms with van der Waals surface area (Å²) in [4.78, 5) is 38.0. The second-order valence-corrected chi connectivity index (χ2v) is 10.1. The summed E-state index contributed by atoms with van der Waals surface area (Å²) in [7, 11) is -4.57. The number of aromatic amines is 1. The molecule has 6 atom stereocenters. The number of aliphatic hydroxyl groups is 1. The molecule has 1 aliphatic heterocycles. The van der Waals surface area contributed by atoms with Crippen LogP contribution in [0.4, 0.5) is 0 Å². The minimum Gasteiger partial charge on any atom is -0.461 e. The van der Waals surface area contributed by atoms with Gasteiger partial charge in [0.2, 0.25) is 0 Å². The molecule has 16 heteroatoms. The molecule has 0 aliphatic carbocycles. The van der Waals surface area contributed by atoms with Gasteiger partial charge in [0, 0.05) is 5.38 Å². The van der Waals surface area contributed by atoms with Crippen molar-refractivity contribution in [2.45, 2.75) is 57.0 Å². The number of ether oxygens (including phenoxy) is 2. The van der Waals surface area contributed by atoms with Gasteiger partial charge < -0.3 is 24.8 Å². The van der Waals surface area contributed by atoms with E-state index < -0.39 is 67.8 Å². The molecule has 206 valence electrons. The molecule has 2 heterocycles. The maximum absolute atomic E-state index is 13.6. The van der Waals surface area contributed by atoms with Crippen LogP contribution in [0.15, 0.2) is 46.1 Å². The number of halogens is 1. The highest BCUT2D eigenvalue weighted by molar-refractivity contribution is 7.49. The fourth-order valence-corrected chi connectivity index (χ4v) is 4.86. The van der Waals surface area contributed by atoms with Gasteiger partial charge in [-0.05, 0) is 44.5 Å². The Kier molecular flexibility index (Phi) is 9.50. The monoisotopic (exact) mass is 572 g/mol. The molecular formula is C22H26ClN4O10P. The molecule has 38 heavy (non-hydrogen) atoms. The predicted molar refractivity (Wildman–Crippen MR) is 132 cm³/mol. The molecule has 1 fully saturated rings. The van der Waals surface area contributed by atoms with Crippen LogP contribution in [-0.4, -0.2) is 62.4 Å². The molecule has 0 bridgehead atoms. The lowest BCUT2D eigenvalue weighted by molar-refractivity contribution is -0.156. The van der Waals surface area contributed by atoms with Gasteiger partial charge in [0.1, 0.15) is 24.2 Å². The molecular weight excluding hydrogens is 547 g/mol. The number of aliphatic hydroxyl groups excluding tert-OH is 1. The number of hydrogen-bond acceptors (Lipinski definition) is 12. The fourth-order valence-electron chi connectivity index (χ4n) is 3.36. The third-order valence-corrected chi connectivity index (χ3v) is 6.67. The number of esters is 1. The van der Waals surface area contributed by atoms with E-state index in [9.17, 15) is 24.1 Å². The van der Waals surface area contributed by atoms with E-state index in [1.807, 2.05) is 10.4 Å². The molecule has 4 N–H and O–H groups in total. The topological polar surface area (TPSA) is 194 Å². The lowest BCUT2D eigenvalue weighted by Crippen LogP contribution is -2.55. The first-order valence-corrected chi connectivity index (χ1v) is 13.0. The van der Waals surface area contributed by atoms with Crippen LogP contribution in [0.25, 0.3) is 0 Å². The molecule has 2 aromatic rings. The van der Waals surface area contributed by atoms with E-state index in [0.717, 1.165) is 6.20 Å². The number of benzene rings is 1. The van der Waals surface area contributed by atoms with Gasteiger partial charge >= 0.3 is 19.5 Å². The Bertz CT molecular complexity index is 1360. The van der Waals surface area contributed by atoms with Crippen LogP contribution in [0.1, 0.15) is 27.0 Å². The number of para-hydroxylation sites is 1. The molecule has 1 aliphatic rings. The number of phosphoric acid groups is 1. The van der Waals surface area contributed by atoms with E-state index in [-0.39, 0.29) is 5.75 Å². The van der Waals surface area contributed by atoms with Crippen LogP contribution in [0.2, 0.25) is 0 Å². The molecule has 1 aromatic heterocycles. The molecule has 0 spiro atoms. The van der Waals surface area contributed by atoms with Crippen LogP contribution < -0.4 is 21.5 Å². The summed E-state index contributed by atoms with van der Waals surface area (Å²) >= 11 is 5.53. The van der Waals surface area contributed by atoms with Gasteiger partial charge in [-0.1, -0.05) is 24.1 Å². The Morgan fingerprint density at radius 3 is 2.63 bits per heavy atom. The lowest BCUT2D eigenvalue weighted by Gasteiger charge is -2.26. The summed E-state index contributed by atoms with van der Waals surface area (Å²) in [6.07, 6.45) is -5.63. The molecule has 0 saturated carbocycles. The number of carbonyl (C=O) groups is 1. The van der Waals surface area contributed by atoms with E-state index in [2.05, 4.69) is 11.0 Å². The summed E-state index contributed by atoms with van der Waals surface area (Å²) < 4.78 is 41.2. The summed E-state index contributed by atoms with van der Waals surface area (Å²) in [6.45, 7) is 3.87. The van der Waals surface area contributed by atoms with Crippen molar-refractivity contribution < 1.29 is 37.5 Å². The number of rotatable bonds is 10. The number of aromatic nitrogens is 3. The maximum Gasteiger partial charge on any atom is 0.530 e. The minimum absolute atomic E-state index is 0.0937. The summed E-state index contributed by atoms with van der Waals surface area (Å²) in [5.74, 6) is 1.65. The van der Waals surface area contributed by atoms with Gasteiger partial charge in [-0.25, -0.2) is 14.2 Å². The second kappa shape index (κ2) is 12.2.